The van der Waals surface area contributed by atoms with Gasteiger partial charge in [0.05, 0.1) is 6.10 Å². The summed E-state index contributed by atoms with van der Waals surface area (Å²) in [5, 5.41) is 20.9. The lowest BCUT2D eigenvalue weighted by atomic mass is 9.46. The number of fused-ring (bicyclic) bond motifs is 5. The van der Waals surface area contributed by atoms with Crippen molar-refractivity contribution >= 4 is 17.5 Å². The Morgan fingerprint density at radius 3 is 2.67 bits per heavy atom. The van der Waals surface area contributed by atoms with E-state index in [4.69, 9.17) is 4.74 Å². The Hall–Kier alpha value is -1.86. The van der Waals surface area contributed by atoms with Gasteiger partial charge >= 0.3 is 5.97 Å². The first-order valence-electron chi connectivity index (χ1n) is 10.6. The largest absolute Gasteiger partial charge is 0.451 e. The number of aliphatic hydroxyl groups excluding tert-OH is 2. The van der Waals surface area contributed by atoms with E-state index < -0.39 is 47.1 Å². The van der Waals surface area contributed by atoms with Crippen molar-refractivity contribution in [2.24, 2.45) is 28.6 Å². The number of halogens is 1. The van der Waals surface area contributed by atoms with Gasteiger partial charge in [-0.2, -0.15) is 0 Å². The third-order valence-electron chi connectivity index (χ3n) is 8.51. The SMILES string of the molecule is CC(=O)O[C@@]1(C(=O)CO)CC[C@H]2[C@@H]3CC(F)C4=CC(=O)C=C[C@]4(C)[C@H]3[C@@H](O)C[C@@]21C. The van der Waals surface area contributed by atoms with E-state index in [2.05, 4.69) is 0 Å². The fourth-order valence-electron chi connectivity index (χ4n) is 7.38. The number of alkyl halides is 1. The minimum atomic E-state index is -1.52. The first kappa shape index (κ1) is 21.4. The maximum Gasteiger partial charge on any atom is 0.303 e. The van der Waals surface area contributed by atoms with Gasteiger partial charge in [0.1, 0.15) is 12.8 Å². The van der Waals surface area contributed by atoms with E-state index in [1.54, 1.807) is 6.08 Å². The smallest absolute Gasteiger partial charge is 0.303 e. The van der Waals surface area contributed by atoms with E-state index in [0.717, 1.165) is 0 Å². The zero-order valence-corrected chi connectivity index (χ0v) is 17.6. The highest BCUT2D eigenvalue weighted by Gasteiger charge is 2.70. The molecule has 4 rings (SSSR count). The predicted molar refractivity (Wildman–Crippen MR) is 105 cm³/mol. The summed E-state index contributed by atoms with van der Waals surface area (Å²) in [4.78, 5) is 36.6. The van der Waals surface area contributed by atoms with Crippen LogP contribution in [0.25, 0.3) is 0 Å². The molecule has 3 saturated carbocycles. The van der Waals surface area contributed by atoms with Crippen molar-refractivity contribution in [3.05, 3.63) is 23.8 Å². The first-order valence-corrected chi connectivity index (χ1v) is 10.6. The maximum atomic E-state index is 15.3. The highest BCUT2D eigenvalue weighted by atomic mass is 19.1. The maximum absolute atomic E-state index is 15.3. The van der Waals surface area contributed by atoms with Gasteiger partial charge in [0.2, 0.25) is 5.78 Å². The number of allylic oxidation sites excluding steroid dienone is 4. The van der Waals surface area contributed by atoms with Crippen LogP contribution in [0.5, 0.6) is 0 Å². The molecule has 30 heavy (non-hydrogen) atoms. The number of aliphatic hydroxyl groups is 2. The van der Waals surface area contributed by atoms with Crippen LogP contribution in [0.4, 0.5) is 4.39 Å². The summed E-state index contributed by atoms with van der Waals surface area (Å²) in [6, 6.07) is 0. The highest BCUT2D eigenvalue weighted by molar-refractivity contribution is 6.01. The molecular weight excluding hydrogens is 391 g/mol. The van der Waals surface area contributed by atoms with Crippen LogP contribution in [0.15, 0.2) is 23.8 Å². The van der Waals surface area contributed by atoms with Gasteiger partial charge in [-0.3, -0.25) is 14.4 Å². The zero-order chi connectivity index (χ0) is 22.1. The van der Waals surface area contributed by atoms with Crippen LogP contribution in [0.2, 0.25) is 0 Å². The van der Waals surface area contributed by atoms with Gasteiger partial charge in [-0.1, -0.05) is 19.9 Å². The predicted octanol–water partition coefficient (Wildman–Crippen LogP) is 2.08. The molecule has 0 amide bonds. The summed E-state index contributed by atoms with van der Waals surface area (Å²) >= 11 is 0. The average Bonchev–Trinajstić information content (AvgIpc) is 2.94. The van der Waals surface area contributed by atoms with E-state index >= 15 is 4.39 Å². The molecule has 3 fully saturated rings. The van der Waals surface area contributed by atoms with Gasteiger partial charge < -0.3 is 14.9 Å². The van der Waals surface area contributed by atoms with Crippen molar-refractivity contribution in [2.75, 3.05) is 6.61 Å². The van der Waals surface area contributed by atoms with Gasteiger partial charge in [0.15, 0.2) is 11.4 Å². The molecule has 0 bridgehead atoms. The number of carbonyl (C=O) groups is 3. The number of esters is 1. The average molecular weight is 420 g/mol. The molecule has 1 unspecified atom stereocenters. The van der Waals surface area contributed by atoms with Crippen LogP contribution in [-0.4, -0.2) is 52.2 Å². The Morgan fingerprint density at radius 2 is 2.03 bits per heavy atom. The lowest BCUT2D eigenvalue weighted by Gasteiger charge is -2.60. The number of hydrogen-bond acceptors (Lipinski definition) is 6. The molecule has 4 aliphatic carbocycles. The van der Waals surface area contributed by atoms with E-state index in [1.165, 1.54) is 19.1 Å². The van der Waals surface area contributed by atoms with Crippen molar-refractivity contribution in [1.29, 1.82) is 0 Å². The van der Waals surface area contributed by atoms with Crippen LogP contribution in [0, 0.1) is 28.6 Å². The number of ether oxygens (including phenoxy) is 1. The molecule has 0 aromatic rings. The summed E-state index contributed by atoms with van der Waals surface area (Å²) in [5.74, 6) is -2.16. The van der Waals surface area contributed by atoms with E-state index in [1.807, 2.05) is 13.8 Å². The van der Waals surface area contributed by atoms with Crippen molar-refractivity contribution in [2.45, 2.75) is 64.3 Å². The summed E-state index contributed by atoms with van der Waals surface area (Å²) in [6.45, 7) is 4.15. The summed E-state index contributed by atoms with van der Waals surface area (Å²) in [5.41, 5.74) is -2.81. The van der Waals surface area contributed by atoms with Gasteiger partial charge in [-0.15, -0.1) is 0 Å². The van der Waals surface area contributed by atoms with Gasteiger partial charge in [0.25, 0.3) is 0 Å². The van der Waals surface area contributed by atoms with Crippen molar-refractivity contribution in [3.63, 3.8) is 0 Å². The molecule has 0 aliphatic heterocycles. The lowest BCUT2D eigenvalue weighted by Crippen LogP contribution is -2.63. The number of Topliss-reactive ketones (excluding diaryl/α,β-unsaturated/α-hetero) is 1. The normalized spacial score (nSPS) is 47.1. The molecule has 7 heteroatoms. The molecule has 0 spiro atoms. The quantitative estimate of drug-likeness (QED) is 0.678. The molecule has 0 heterocycles. The molecule has 6 nitrogen and oxygen atoms in total. The molecule has 2 N–H and O–H groups in total. The van der Waals surface area contributed by atoms with Crippen molar-refractivity contribution in [3.8, 4) is 0 Å². The van der Waals surface area contributed by atoms with Crippen LogP contribution in [0.3, 0.4) is 0 Å². The molecule has 164 valence electrons. The standard InChI is InChI=1S/C23H29FO6/c1-12(26)30-23(19(29)11-25)7-5-15-14-9-17(24)16-8-13(27)4-6-21(16,2)20(14)18(28)10-22(15,23)3/h4,6,8,14-15,17-18,20,25,28H,5,7,9-11H2,1-3H3/t14-,15-,17?,18-,20+,21-,22-,23+/m0/s1. The second-order valence-electron chi connectivity index (χ2n) is 9.85. The number of carbonyl (C=O) groups excluding carboxylic acids is 3. The molecule has 0 aromatic heterocycles. The van der Waals surface area contributed by atoms with Crippen LogP contribution < -0.4 is 0 Å². The van der Waals surface area contributed by atoms with Gasteiger partial charge in [-0.25, -0.2) is 4.39 Å². The number of hydrogen-bond donors (Lipinski definition) is 2. The number of ketones is 2. The van der Waals surface area contributed by atoms with Crippen LogP contribution >= 0.6 is 0 Å². The number of rotatable bonds is 3. The Labute approximate surface area is 175 Å². The summed E-state index contributed by atoms with van der Waals surface area (Å²) in [6.07, 6.45) is 3.43. The molecule has 4 aliphatic rings. The second kappa shape index (κ2) is 6.82. The Kier molecular flexibility index (Phi) is 4.86. The Balaban J connectivity index is 1.80. The van der Waals surface area contributed by atoms with E-state index in [-0.39, 0.29) is 42.8 Å². The van der Waals surface area contributed by atoms with Gasteiger partial charge in [0, 0.05) is 23.7 Å². The van der Waals surface area contributed by atoms with Crippen LogP contribution in [-0.2, 0) is 19.1 Å². The second-order valence-corrected chi connectivity index (χ2v) is 9.85. The lowest BCUT2D eigenvalue weighted by molar-refractivity contribution is -0.200. The topological polar surface area (TPSA) is 101 Å². The van der Waals surface area contributed by atoms with Crippen LogP contribution in [0.1, 0.15) is 46.5 Å². The molecule has 8 atom stereocenters. The summed E-state index contributed by atoms with van der Waals surface area (Å²) in [7, 11) is 0. The fourth-order valence-corrected chi connectivity index (χ4v) is 7.38. The molecule has 0 aromatic carbocycles. The highest BCUT2D eigenvalue weighted by Crippen LogP contribution is 2.68. The van der Waals surface area contributed by atoms with E-state index in [9.17, 15) is 24.6 Å². The third-order valence-corrected chi connectivity index (χ3v) is 8.51. The molecule has 0 radical (unpaired) electrons. The first-order chi connectivity index (χ1) is 14.0. The monoisotopic (exact) mass is 420 g/mol. The van der Waals surface area contributed by atoms with Crippen molar-refractivity contribution < 1.29 is 33.7 Å². The minimum absolute atomic E-state index is 0.147. The van der Waals surface area contributed by atoms with E-state index in [0.29, 0.717) is 12.0 Å². The van der Waals surface area contributed by atoms with Crippen molar-refractivity contribution in [1.82, 2.24) is 0 Å². The Morgan fingerprint density at radius 1 is 1.33 bits per heavy atom. The summed E-state index contributed by atoms with van der Waals surface area (Å²) < 4.78 is 20.9. The molecular formula is C23H29FO6. The minimum Gasteiger partial charge on any atom is -0.451 e. The Bertz CT molecular complexity index is 864. The zero-order valence-electron chi connectivity index (χ0n) is 17.6. The van der Waals surface area contributed by atoms with Gasteiger partial charge in [-0.05, 0) is 55.2 Å². The molecule has 0 saturated heterocycles. The fraction of sp³-hybridized carbons (Fsp3) is 0.696. The third kappa shape index (κ3) is 2.64.